The van der Waals surface area contributed by atoms with Crippen molar-refractivity contribution in [2.24, 2.45) is 4.99 Å². The van der Waals surface area contributed by atoms with Crippen molar-refractivity contribution in [2.75, 3.05) is 7.11 Å². The lowest BCUT2D eigenvalue weighted by Gasteiger charge is -2.29. The molecule has 0 bridgehead atoms. The van der Waals surface area contributed by atoms with E-state index < -0.39 is 5.54 Å². The number of nitrogens with zero attached hydrogens (tertiary/aromatic N) is 1. The van der Waals surface area contributed by atoms with Crippen molar-refractivity contribution in [1.82, 2.24) is 0 Å². The summed E-state index contributed by atoms with van der Waals surface area (Å²) in [7, 11) is 1.70. The van der Waals surface area contributed by atoms with Gasteiger partial charge in [-0.05, 0) is 23.8 Å². The van der Waals surface area contributed by atoms with Gasteiger partial charge in [-0.2, -0.15) is 4.99 Å². The predicted molar refractivity (Wildman–Crippen MR) is 80.0 cm³/mol. The number of hydrogen-bond donors (Lipinski definition) is 0. The van der Waals surface area contributed by atoms with Crippen LogP contribution >= 0.6 is 0 Å². The van der Waals surface area contributed by atoms with Crippen molar-refractivity contribution in [3.8, 4) is 5.75 Å². The lowest BCUT2D eigenvalue weighted by Crippen LogP contribution is -2.22. The van der Waals surface area contributed by atoms with Crippen LogP contribution in [0.5, 0.6) is 5.75 Å². The Morgan fingerprint density at radius 2 is 1.90 bits per heavy atom. The topological polar surface area (TPSA) is 38.7 Å². The fourth-order valence-electron chi connectivity index (χ4n) is 3.20. The molecule has 3 nitrogen and oxygen atoms in total. The molecule has 0 atom stereocenters. The molecule has 0 aromatic heterocycles. The Morgan fingerprint density at radius 3 is 2.40 bits per heavy atom. The van der Waals surface area contributed by atoms with Crippen molar-refractivity contribution in [2.45, 2.75) is 57.4 Å². The van der Waals surface area contributed by atoms with Crippen molar-refractivity contribution in [3.63, 3.8) is 0 Å². The largest absolute Gasteiger partial charge is 0.496 e. The minimum Gasteiger partial charge on any atom is -0.496 e. The van der Waals surface area contributed by atoms with Crippen LogP contribution in [0.1, 0.15) is 57.6 Å². The van der Waals surface area contributed by atoms with E-state index in [0.717, 1.165) is 42.6 Å². The quantitative estimate of drug-likeness (QED) is 0.614. The highest BCUT2D eigenvalue weighted by Crippen LogP contribution is 2.48. The first-order valence-electron chi connectivity index (χ1n) is 7.21. The van der Waals surface area contributed by atoms with Gasteiger partial charge in [0, 0.05) is 5.56 Å². The third kappa shape index (κ3) is 2.51. The van der Waals surface area contributed by atoms with Gasteiger partial charge in [-0.3, -0.25) is 0 Å². The molecule has 20 heavy (non-hydrogen) atoms. The SMILES string of the molecule is COc1c(C(C)(C)C)cccc1C1(N=C=O)CCCC1. The zero-order chi connectivity index (χ0) is 14.8. The Labute approximate surface area is 121 Å². The van der Waals surface area contributed by atoms with E-state index in [2.05, 4.69) is 31.8 Å². The summed E-state index contributed by atoms with van der Waals surface area (Å²) in [5.74, 6) is 0.876. The molecule has 1 aliphatic rings. The Hall–Kier alpha value is -1.60. The van der Waals surface area contributed by atoms with Crippen LogP contribution in [0.4, 0.5) is 0 Å². The first-order chi connectivity index (χ1) is 9.44. The van der Waals surface area contributed by atoms with Crippen molar-refractivity contribution in [3.05, 3.63) is 29.3 Å². The van der Waals surface area contributed by atoms with Gasteiger partial charge in [0.15, 0.2) is 0 Å². The number of isocyanates is 1. The van der Waals surface area contributed by atoms with Crippen molar-refractivity contribution in [1.29, 1.82) is 0 Å². The van der Waals surface area contributed by atoms with Crippen LogP contribution in [0, 0.1) is 0 Å². The molecule has 1 saturated carbocycles. The number of ether oxygens (including phenoxy) is 1. The summed E-state index contributed by atoms with van der Waals surface area (Å²) in [6.07, 6.45) is 5.75. The number of aliphatic imine (C=N–C) groups is 1. The van der Waals surface area contributed by atoms with E-state index in [0.29, 0.717) is 0 Å². The van der Waals surface area contributed by atoms with E-state index >= 15 is 0 Å². The second kappa shape index (κ2) is 5.41. The van der Waals surface area contributed by atoms with Crippen LogP contribution in [-0.4, -0.2) is 13.2 Å². The summed E-state index contributed by atoms with van der Waals surface area (Å²) < 4.78 is 5.70. The molecule has 1 aromatic carbocycles. The molecule has 108 valence electrons. The Bertz CT molecular complexity index is 530. The lowest BCUT2D eigenvalue weighted by molar-refractivity contribution is 0.366. The van der Waals surface area contributed by atoms with E-state index in [4.69, 9.17) is 4.74 Å². The molecule has 2 rings (SSSR count). The Balaban J connectivity index is 2.65. The lowest BCUT2D eigenvalue weighted by atomic mass is 9.80. The highest BCUT2D eigenvalue weighted by Gasteiger charge is 2.39. The second-order valence-electron chi connectivity index (χ2n) is 6.58. The zero-order valence-corrected chi connectivity index (χ0v) is 12.8. The summed E-state index contributed by atoms with van der Waals surface area (Å²) in [5.41, 5.74) is 1.75. The average Bonchev–Trinajstić information content (AvgIpc) is 2.87. The molecule has 0 amide bonds. The summed E-state index contributed by atoms with van der Waals surface area (Å²) in [4.78, 5) is 15.1. The molecule has 0 spiro atoms. The minimum absolute atomic E-state index is 0.00790. The van der Waals surface area contributed by atoms with Crippen molar-refractivity contribution >= 4 is 6.08 Å². The first kappa shape index (κ1) is 14.8. The fourth-order valence-corrected chi connectivity index (χ4v) is 3.20. The Morgan fingerprint density at radius 1 is 1.25 bits per heavy atom. The highest BCUT2D eigenvalue weighted by molar-refractivity contribution is 5.50. The van der Waals surface area contributed by atoms with Crippen LogP contribution in [-0.2, 0) is 15.7 Å². The minimum atomic E-state index is -0.436. The predicted octanol–water partition coefficient (Wildman–Crippen LogP) is 4.10. The molecule has 0 saturated heterocycles. The van der Waals surface area contributed by atoms with Gasteiger partial charge >= 0.3 is 0 Å². The standard InChI is InChI=1S/C17H23NO2/c1-16(2,3)13-8-7-9-14(15(13)20-4)17(18-12-19)10-5-6-11-17/h7-9H,5-6,10-11H2,1-4H3. The molecule has 0 unspecified atom stereocenters. The highest BCUT2D eigenvalue weighted by atomic mass is 16.5. The maximum absolute atomic E-state index is 10.9. The summed E-state index contributed by atoms with van der Waals surface area (Å²) in [6.45, 7) is 6.50. The summed E-state index contributed by atoms with van der Waals surface area (Å²) in [6, 6.07) is 6.18. The summed E-state index contributed by atoms with van der Waals surface area (Å²) >= 11 is 0. The van der Waals surface area contributed by atoms with Crippen LogP contribution in [0.25, 0.3) is 0 Å². The Kier molecular flexibility index (Phi) is 4.01. The smallest absolute Gasteiger partial charge is 0.235 e. The third-order valence-corrected chi connectivity index (χ3v) is 4.22. The number of benzene rings is 1. The monoisotopic (exact) mass is 273 g/mol. The maximum Gasteiger partial charge on any atom is 0.235 e. The van der Waals surface area contributed by atoms with E-state index in [1.807, 2.05) is 12.1 Å². The van der Waals surface area contributed by atoms with E-state index in [1.54, 1.807) is 13.2 Å². The van der Waals surface area contributed by atoms with Crippen LogP contribution in [0.3, 0.4) is 0 Å². The van der Waals surface area contributed by atoms with Crippen molar-refractivity contribution < 1.29 is 9.53 Å². The summed E-state index contributed by atoms with van der Waals surface area (Å²) in [5, 5.41) is 0. The zero-order valence-electron chi connectivity index (χ0n) is 12.8. The van der Waals surface area contributed by atoms with Gasteiger partial charge in [-0.1, -0.05) is 51.8 Å². The van der Waals surface area contributed by atoms with Gasteiger partial charge in [0.2, 0.25) is 6.08 Å². The van der Waals surface area contributed by atoms with Gasteiger partial charge in [-0.25, -0.2) is 4.79 Å². The van der Waals surface area contributed by atoms with Crippen LogP contribution < -0.4 is 4.74 Å². The van der Waals surface area contributed by atoms with Gasteiger partial charge in [0.1, 0.15) is 11.3 Å². The molecule has 1 fully saturated rings. The second-order valence-corrected chi connectivity index (χ2v) is 6.58. The normalized spacial score (nSPS) is 17.6. The average molecular weight is 273 g/mol. The van der Waals surface area contributed by atoms with Gasteiger partial charge in [0.05, 0.1) is 7.11 Å². The molecule has 3 heteroatoms. The number of methoxy groups -OCH3 is 1. The molecule has 0 N–H and O–H groups in total. The van der Waals surface area contributed by atoms with Gasteiger partial charge < -0.3 is 4.74 Å². The molecule has 0 heterocycles. The molecular formula is C17H23NO2. The number of para-hydroxylation sites is 1. The van der Waals surface area contributed by atoms with E-state index in [9.17, 15) is 4.79 Å². The molecule has 0 aliphatic heterocycles. The first-order valence-corrected chi connectivity index (χ1v) is 7.21. The van der Waals surface area contributed by atoms with Crippen LogP contribution in [0.2, 0.25) is 0 Å². The van der Waals surface area contributed by atoms with E-state index in [1.165, 1.54) is 0 Å². The number of hydrogen-bond acceptors (Lipinski definition) is 3. The maximum atomic E-state index is 10.9. The van der Waals surface area contributed by atoms with Gasteiger partial charge in [0.25, 0.3) is 0 Å². The molecule has 1 aromatic rings. The van der Waals surface area contributed by atoms with Crippen LogP contribution in [0.15, 0.2) is 23.2 Å². The molecule has 1 aliphatic carbocycles. The number of rotatable bonds is 3. The molecular weight excluding hydrogens is 250 g/mol. The molecule has 0 radical (unpaired) electrons. The number of carbonyl (C=O) groups excluding carboxylic acids is 1. The third-order valence-electron chi connectivity index (χ3n) is 4.22. The van der Waals surface area contributed by atoms with Gasteiger partial charge in [-0.15, -0.1) is 0 Å². The van der Waals surface area contributed by atoms with E-state index in [-0.39, 0.29) is 5.41 Å². The fraction of sp³-hybridized carbons (Fsp3) is 0.588.